The number of carbonyl (C=O) groups excluding carboxylic acids is 1. The van der Waals surface area contributed by atoms with Crippen molar-refractivity contribution in [1.82, 2.24) is 4.98 Å². The lowest BCUT2D eigenvalue weighted by Gasteiger charge is -2.08. The van der Waals surface area contributed by atoms with Gasteiger partial charge in [0.05, 0.1) is 11.9 Å². The van der Waals surface area contributed by atoms with Gasteiger partial charge in [-0.1, -0.05) is 18.2 Å². The fourth-order valence-electron chi connectivity index (χ4n) is 2.39. The summed E-state index contributed by atoms with van der Waals surface area (Å²) in [5.74, 6) is -4.80. The number of pyridine rings is 1. The zero-order valence-corrected chi connectivity index (χ0v) is 13.3. The number of hydrogen-bond donors (Lipinski definition) is 1. The first-order valence-electron chi connectivity index (χ1n) is 7.59. The summed E-state index contributed by atoms with van der Waals surface area (Å²) in [4.78, 5) is 16.0. The van der Waals surface area contributed by atoms with Crippen molar-refractivity contribution in [3.63, 3.8) is 0 Å². The van der Waals surface area contributed by atoms with E-state index in [0.29, 0.717) is 5.69 Å². The quantitative estimate of drug-likeness (QED) is 0.697. The number of rotatable bonds is 4. The number of amides is 1. The number of nitrogens with one attached hydrogen (secondary N) is 1. The minimum atomic E-state index is -0.978. The number of carbonyl (C=O) groups is 1. The number of halogens is 4. The number of aromatic nitrogens is 1. The lowest BCUT2D eigenvalue weighted by molar-refractivity contribution is 0.101. The summed E-state index contributed by atoms with van der Waals surface area (Å²) in [5.41, 5.74) is 0.0896. The molecule has 1 aromatic heterocycles. The van der Waals surface area contributed by atoms with E-state index in [2.05, 4.69) is 10.3 Å². The molecule has 0 fully saturated rings. The van der Waals surface area contributed by atoms with E-state index in [4.69, 9.17) is 0 Å². The van der Waals surface area contributed by atoms with Crippen LogP contribution in [0, 0.1) is 23.3 Å². The lowest BCUT2D eigenvalue weighted by Crippen LogP contribution is -2.16. The summed E-state index contributed by atoms with van der Waals surface area (Å²) >= 11 is 0. The van der Waals surface area contributed by atoms with Gasteiger partial charge in [0.25, 0.3) is 5.91 Å². The summed E-state index contributed by atoms with van der Waals surface area (Å²) in [6.07, 6.45) is 1.32. The summed E-state index contributed by atoms with van der Waals surface area (Å²) in [6.45, 7) is 0. The Morgan fingerprint density at radius 1 is 0.885 bits per heavy atom. The molecule has 3 aromatic rings. The van der Waals surface area contributed by atoms with E-state index in [1.54, 1.807) is 0 Å². The van der Waals surface area contributed by atoms with Gasteiger partial charge in [-0.05, 0) is 35.9 Å². The fourth-order valence-corrected chi connectivity index (χ4v) is 2.39. The van der Waals surface area contributed by atoms with Gasteiger partial charge in [-0.15, -0.1) is 0 Å². The molecule has 0 saturated heterocycles. The molecule has 26 heavy (non-hydrogen) atoms. The van der Waals surface area contributed by atoms with Gasteiger partial charge in [-0.2, -0.15) is 0 Å². The molecule has 0 aliphatic carbocycles. The number of anilines is 1. The van der Waals surface area contributed by atoms with E-state index in [-0.39, 0.29) is 17.7 Å². The van der Waals surface area contributed by atoms with Gasteiger partial charge in [0.2, 0.25) is 0 Å². The molecule has 132 valence electrons. The number of benzene rings is 2. The molecule has 7 heteroatoms. The molecular weight excluding hydrogens is 348 g/mol. The SMILES string of the molecule is O=C(Nc1ccc(Cc2cccc(F)c2F)nc1)c1c(F)cccc1F. The average Bonchev–Trinajstić information content (AvgIpc) is 2.60. The Balaban J connectivity index is 1.74. The highest BCUT2D eigenvalue weighted by Crippen LogP contribution is 2.18. The highest BCUT2D eigenvalue weighted by atomic mass is 19.2. The van der Waals surface area contributed by atoms with Crippen molar-refractivity contribution in [2.75, 3.05) is 5.32 Å². The second kappa shape index (κ2) is 7.35. The average molecular weight is 360 g/mol. The van der Waals surface area contributed by atoms with Crippen LogP contribution in [0.4, 0.5) is 23.2 Å². The van der Waals surface area contributed by atoms with Crippen molar-refractivity contribution in [3.8, 4) is 0 Å². The third-order valence-corrected chi connectivity index (χ3v) is 3.68. The molecule has 0 spiro atoms. The van der Waals surface area contributed by atoms with Gasteiger partial charge < -0.3 is 5.32 Å². The Bertz CT molecular complexity index is 938. The first-order chi connectivity index (χ1) is 12.5. The van der Waals surface area contributed by atoms with E-state index in [0.717, 1.165) is 24.3 Å². The molecule has 0 aliphatic rings. The zero-order valence-electron chi connectivity index (χ0n) is 13.3. The molecular formula is C19H12F4N2O. The van der Waals surface area contributed by atoms with Gasteiger partial charge in [-0.25, -0.2) is 17.6 Å². The third kappa shape index (κ3) is 3.72. The second-order valence-corrected chi connectivity index (χ2v) is 5.48. The molecule has 0 radical (unpaired) electrons. The zero-order chi connectivity index (χ0) is 18.7. The van der Waals surface area contributed by atoms with Gasteiger partial charge in [0, 0.05) is 12.1 Å². The fraction of sp³-hybridized carbons (Fsp3) is 0.0526. The van der Waals surface area contributed by atoms with E-state index >= 15 is 0 Å². The first-order valence-corrected chi connectivity index (χ1v) is 7.59. The van der Waals surface area contributed by atoms with Crippen molar-refractivity contribution in [1.29, 1.82) is 0 Å². The van der Waals surface area contributed by atoms with Gasteiger partial charge in [0.15, 0.2) is 11.6 Å². The van der Waals surface area contributed by atoms with Crippen molar-refractivity contribution in [3.05, 3.63) is 94.8 Å². The van der Waals surface area contributed by atoms with Crippen molar-refractivity contribution < 1.29 is 22.4 Å². The summed E-state index contributed by atoms with van der Waals surface area (Å²) < 4.78 is 54.1. The Labute approximate surface area is 146 Å². The molecule has 2 aromatic carbocycles. The van der Waals surface area contributed by atoms with Gasteiger partial charge in [-0.3, -0.25) is 9.78 Å². The van der Waals surface area contributed by atoms with Crippen LogP contribution in [-0.4, -0.2) is 10.9 Å². The molecule has 1 N–H and O–H groups in total. The van der Waals surface area contributed by atoms with Crippen molar-refractivity contribution in [2.45, 2.75) is 6.42 Å². The predicted molar refractivity (Wildman–Crippen MR) is 87.7 cm³/mol. The Hall–Kier alpha value is -3.22. The van der Waals surface area contributed by atoms with E-state index < -0.39 is 34.7 Å². The first kappa shape index (κ1) is 17.6. The smallest absolute Gasteiger partial charge is 0.261 e. The van der Waals surface area contributed by atoms with Crippen molar-refractivity contribution >= 4 is 11.6 Å². The minimum Gasteiger partial charge on any atom is -0.320 e. The second-order valence-electron chi connectivity index (χ2n) is 5.48. The van der Waals surface area contributed by atoms with Gasteiger partial charge >= 0.3 is 0 Å². The lowest BCUT2D eigenvalue weighted by atomic mass is 10.1. The minimum absolute atomic E-state index is 0.0553. The standard InChI is InChI=1S/C19H12F4N2O/c20-14-4-2-5-15(21)17(14)19(26)25-13-8-7-12(24-10-13)9-11-3-1-6-16(22)18(11)23/h1-8,10H,9H2,(H,25,26). The normalized spacial score (nSPS) is 10.6. The van der Waals surface area contributed by atoms with Crippen LogP contribution in [-0.2, 0) is 6.42 Å². The maximum Gasteiger partial charge on any atom is 0.261 e. The molecule has 0 saturated carbocycles. The van der Waals surface area contributed by atoms with Crippen LogP contribution in [0.15, 0.2) is 54.7 Å². The van der Waals surface area contributed by atoms with Crippen LogP contribution in [0.2, 0.25) is 0 Å². The van der Waals surface area contributed by atoms with Crippen LogP contribution in [0.3, 0.4) is 0 Å². The van der Waals surface area contributed by atoms with E-state index in [1.165, 1.54) is 30.5 Å². The van der Waals surface area contributed by atoms with Gasteiger partial charge in [0.1, 0.15) is 17.2 Å². The largest absolute Gasteiger partial charge is 0.320 e. The molecule has 0 unspecified atom stereocenters. The molecule has 0 atom stereocenters. The Morgan fingerprint density at radius 2 is 1.54 bits per heavy atom. The predicted octanol–water partition coefficient (Wildman–Crippen LogP) is 4.48. The number of nitrogens with zero attached hydrogens (tertiary/aromatic N) is 1. The van der Waals surface area contributed by atoms with Crippen LogP contribution in [0.25, 0.3) is 0 Å². The Kier molecular flexibility index (Phi) is 4.97. The molecule has 3 nitrogen and oxygen atoms in total. The van der Waals surface area contributed by atoms with E-state index in [1.807, 2.05) is 0 Å². The van der Waals surface area contributed by atoms with Crippen LogP contribution < -0.4 is 5.32 Å². The monoisotopic (exact) mass is 360 g/mol. The van der Waals surface area contributed by atoms with E-state index in [9.17, 15) is 22.4 Å². The molecule has 0 bridgehead atoms. The van der Waals surface area contributed by atoms with Crippen LogP contribution in [0.5, 0.6) is 0 Å². The number of hydrogen-bond acceptors (Lipinski definition) is 2. The summed E-state index contributed by atoms with van der Waals surface area (Å²) in [6, 6.07) is 9.92. The molecule has 3 rings (SSSR count). The maximum absolute atomic E-state index is 13.7. The van der Waals surface area contributed by atoms with Crippen molar-refractivity contribution in [2.24, 2.45) is 0 Å². The molecule has 0 aliphatic heterocycles. The highest BCUT2D eigenvalue weighted by molar-refractivity contribution is 6.04. The topological polar surface area (TPSA) is 42.0 Å². The summed E-state index contributed by atoms with van der Waals surface area (Å²) in [7, 11) is 0. The highest BCUT2D eigenvalue weighted by Gasteiger charge is 2.17. The third-order valence-electron chi connectivity index (χ3n) is 3.68. The Morgan fingerprint density at radius 3 is 2.19 bits per heavy atom. The molecule has 1 amide bonds. The van der Waals surface area contributed by atoms with Crippen LogP contribution >= 0.6 is 0 Å². The summed E-state index contributed by atoms with van der Waals surface area (Å²) in [5, 5.41) is 2.34. The molecule has 1 heterocycles. The maximum atomic E-state index is 13.7. The van der Waals surface area contributed by atoms with Crippen LogP contribution in [0.1, 0.15) is 21.6 Å².